The van der Waals surface area contributed by atoms with Crippen molar-refractivity contribution in [3.8, 4) is 5.75 Å². The minimum absolute atomic E-state index is 0.0542. The van der Waals surface area contributed by atoms with Crippen molar-refractivity contribution in [2.75, 3.05) is 24.2 Å². The van der Waals surface area contributed by atoms with Gasteiger partial charge in [-0.15, -0.1) is 0 Å². The number of aryl methyl sites for hydroxylation is 2. The molecule has 9 heteroatoms. The molecule has 2 amide bonds. The SMILES string of the molecule is CC[C@H](C)NC(=O)[C@@H](C)N(Cc1cccc(OC)c1)C(=O)CN(c1cc(C)cc(C)c1)S(C)(=O)=O. The molecular weight excluding hydrogens is 466 g/mol. The second kappa shape index (κ2) is 12.1. The number of ether oxygens (including phenoxy) is 1. The van der Waals surface area contributed by atoms with Crippen LogP contribution < -0.4 is 14.4 Å². The highest BCUT2D eigenvalue weighted by atomic mass is 32.2. The first-order valence-electron chi connectivity index (χ1n) is 11.6. The Morgan fingerprint density at radius 1 is 1.06 bits per heavy atom. The molecule has 0 saturated heterocycles. The molecule has 0 bridgehead atoms. The third-order valence-corrected chi connectivity index (χ3v) is 6.97. The van der Waals surface area contributed by atoms with Crippen LogP contribution >= 0.6 is 0 Å². The van der Waals surface area contributed by atoms with Crippen LogP contribution in [-0.2, 0) is 26.2 Å². The van der Waals surface area contributed by atoms with Gasteiger partial charge in [0.2, 0.25) is 21.8 Å². The van der Waals surface area contributed by atoms with Crippen LogP contribution in [-0.4, -0.2) is 57.1 Å². The van der Waals surface area contributed by atoms with Crippen molar-refractivity contribution in [1.82, 2.24) is 10.2 Å². The van der Waals surface area contributed by atoms with E-state index in [1.54, 1.807) is 44.4 Å². The minimum Gasteiger partial charge on any atom is -0.497 e. The Morgan fingerprint density at radius 3 is 2.23 bits per heavy atom. The van der Waals surface area contributed by atoms with E-state index >= 15 is 0 Å². The van der Waals surface area contributed by atoms with Crippen LogP contribution in [0.15, 0.2) is 42.5 Å². The molecule has 0 radical (unpaired) electrons. The normalized spacial score (nSPS) is 13.0. The van der Waals surface area contributed by atoms with E-state index in [1.165, 1.54) is 4.90 Å². The molecule has 2 aromatic carbocycles. The maximum atomic E-state index is 13.6. The van der Waals surface area contributed by atoms with E-state index in [0.29, 0.717) is 11.4 Å². The van der Waals surface area contributed by atoms with E-state index in [0.717, 1.165) is 33.7 Å². The fraction of sp³-hybridized carbons (Fsp3) is 0.462. The fourth-order valence-corrected chi connectivity index (χ4v) is 4.56. The van der Waals surface area contributed by atoms with Crippen molar-refractivity contribution >= 4 is 27.5 Å². The molecule has 0 aliphatic heterocycles. The predicted molar refractivity (Wildman–Crippen MR) is 139 cm³/mol. The van der Waals surface area contributed by atoms with Crippen molar-refractivity contribution < 1.29 is 22.7 Å². The van der Waals surface area contributed by atoms with Crippen molar-refractivity contribution in [2.45, 2.75) is 59.7 Å². The van der Waals surface area contributed by atoms with E-state index in [2.05, 4.69) is 5.32 Å². The Bertz CT molecular complexity index is 1130. The lowest BCUT2D eigenvalue weighted by atomic mass is 10.1. The molecule has 35 heavy (non-hydrogen) atoms. The molecule has 0 spiro atoms. The van der Waals surface area contributed by atoms with Crippen molar-refractivity contribution in [3.63, 3.8) is 0 Å². The lowest BCUT2D eigenvalue weighted by Gasteiger charge is -2.32. The molecule has 0 unspecified atom stereocenters. The lowest BCUT2D eigenvalue weighted by Crippen LogP contribution is -2.52. The number of anilines is 1. The summed E-state index contributed by atoms with van der Waals surface area (Å²) >= 11 is 0. The maximum Gasteiger partial charge on any atom is 0.244 e. The Labute approximate surface area is 209 Å². The number of carbonyl (C=O) groups is 2. The van der Waals surface area contributed by atoms with Gasteiger partial charge in [0, 0.05) is 12.6 Å². The van der Waals surface area contributed by atoms with Crippen LogP contribution in [0.5, 0.6) is 5.75 Å². The average Bonchev–Trinajstić information content (AvgIpc) is 2.78. The molecule has 192 valence electrons. The monoisotopic (exact) mass is 503 g/mol. The summed E-state index contributed by atoms with van der Waals surface area (Å²) in [6, 6.07) is 11.7. The van der Waals surface area contributed by atoms with E-state index < -0.39 is 28.5 Å². The molecule has 1 N–H and O–H groups in total. The number of benzene rings is 2. The second-order valence-electron chi connectivity index (χ2n) is 8.98. The van der Waals surface area contributed by atoms with Gasteiger partial charge in [0.15, 0.2) is 0 Å². The molecule has 0 heterocycles. The summed E-state index contributed by atoms with van der Waals surface area (Å²) in [7, 11) is -2.21. The summed E-state index contributed by atoms with van der Waals surface area (Å²) in [6.07, 6.45) is 1.82. The number of hydrogen-bond acceptors (Lipinski definition) is 5. The number of hydrogen-bond donors (Lipinski definition) is 1. The topological polar surface area (TPSA) is 96.0 Å². The number of rotatable bonds is 11. The fourth-order valence-electron chi connectivity index (χ4n) is 3.72. The zero-order valence-corrected chi connectivity index (χ0v) is 22.5. The summed E-state index contributed by atoms with van der Waals surface area (Å²) in [5.41, 5.74) is 2.95. The molecule has 8 nitrogen and oxygen atoms in total. The molecule has 2 rings (SSSR count). The zero-order chi connectivity index (χ0) is 26.3. The van der Waals surface area contributed by atoms with Crippen molar-refractivity contribution in [3.05, 3.63) is 59.2 Å². The van der Waals surface area contributed by atoms with Crippen LogP contribution in [0.25, 0.3) is 0 Å². The lowest BCUT2D eigenvalue weighted by molar-refractivity contribution is -0.139. The molecule has 0 fully saturated rings. The Kier molecular flexibility index (Phi) is 9.71. The quantitative estimate of drug-likeness (QED) is 0.507. The van der Waals surface area contributed by atoms with Gasteiger partial charge in [0.1, 0.15) is 18.3 Å². The van der Waals surface area contributed by atoms with Crippen LogP contribution in [0.1, 0.15) is 43.9 Å². The highest BCUT2D eigenvalue weighted by Crippen LogP contribution is 2.23. The van der Waals surface area contributed by atoms with Crippen LogP contribution in [0.3, 0.4) is 0 Å². The molecule has 0 aliphatic rings. The molecule has 2 atom stereocenters. The first-order chi connectivity index (χ1) is 16.3. The molecule has 0 aliphatic carbocycles. The highest BCUT2D eigenvalue weighted by Gasteiger charge is 2.30. The number of amides is 2. The third-order valence-electron chi connectivity index (χ3n) is 5.83. The smallest absolute Gasteiger partial charge is 0.244 e. The zero-order valence-electron chi connectivity index (χ0n) is 21.7. The van der Waals surface area contributed by atoms with Gasteiger partial charge in [0.05, 0.1) is 19.1 Å². The van der Waals surface area contributed by atoms with Gasteiger partial charge < -0.3 is 15.0 Å². The van der Waals surface area contributed by atoms with Crippen LogP contribution in [0.2, 0.25) is 0 Å². The molecule has 2 aromatic rings. The number of methoxy groups -OCH3 is 1. The number of sulfonamides is 1. The van der Waals surface area contributed by atoms with E-state index in [1.807, 2.05) is 39.8 Å². The van der Waals surface area contributed by atoms with E-state index in [4.69, 9.17) is 4.74 Å². The third kappa shape index (κ3) is 7.99. The second-order valence-corrected chi connectivity index (χ2v) is 10.9. The molecular formula is C26H37N3O5S. The summed E-state index contributed by atoms with van der Waals surface area (Å²) in [4.78, 5) is 28.0. The number of nitrogens with one attached hydrogen (secondary N) is 1. The van der Waals surface area contributed by atoms with Crippen molar-refractivity contribution in [1.29, 1.82) is 0 Å². The van der Waals surface area contributed by atoms with Gasteiger partial charge in [-0.3, -0.25) is 13.9 Å². The maximum absolute atomic E-state index is 13.6. The van der Waals surface area contributed by atoms with Gasteiger partial charge in [-0.1, -0.05) is 25.1 Å². The van der Waals surface area contributed by atoms with Gasteiger partial charge in [-0.2, -0.15) is 0 Å². The standard InChI is InChI=1S/C26H37N3O5S/c1-8-20(4)27-26(31)21(5)28(16-22-10-9-11-24(15-22)34-6)25(30)17-29(35(7,32)33)23-13-18(2)12-19(3)14-23/h9-15,20-21H,8,16-17H2,1-7H3,(H,27,31)/t20-,21+/m0/s1. The van der Waals surface area contributed by atoms with Gasteiger partial charge in [-0.25, -0.2) is 8.42 Å². The molecule has 0 aromatic heterocycles. The van der Waals surface area contributed by atoms with Gasteiger partial charge in [0.25, 0.3) is 0 Å². The molecule has 0 saturated carbocycles. The summed E-state index contributed by atoms with van der Waals surface area (Å²) in [5, 5.41) is 2.91. The largest absolute Gasteiger partial charge is 0.497 e. The Morgan fingerprint density at radius 2 is 1.69 bits per heavy atom. The van der Waals surface area contributed by atoms with E-state index in [-0.39, 0.29) is 18.5 Å². The predicted octanol–water partition coefficient (Wildman–Crippen LogP) is 3.41. The highest BCUT2D eigenvalue weighted by molar-refractivity contribution is 7.92. The first-order valence-corrected chi connectivity index (χ1v) is 13.5. The van der Waals surface area contributed by atoms with Crippen LogP contribution in [0.4, 0.5) is 5.69 Å². The number of nitrogens with zero attached hydrogens (tertiary/aromatic N) is 2. The van der Waals surface area contributed by atoms with Gasteiger partial charge >= 0.3 is 0 Å². The van der Waals surface area contributed by atoms with E-state index in [9.17, 15) is 18.0 Å². The minimum atomic E-state index is -3.77. The average molecular weight is 504 g/mol. The van der Waals surface area contributed by atoms with Crippen LogP contribution in [0, 0.1) is 13.8 Å². The summed E-state index contributed by atoms with van der Waals surface area (Å²) in [6.45, 7) is 8.94. The summed E-state index contributed by atoms with van der Waals surface area (Å²) in [5.74, 6) is -0.156. The Balaban J connectivity index is 2.43. The number of carbonyl (C=O) groups excluding carboxylic acids is 2. The van der Waals surface area contributed by atoms with Gasteiger partial charge in [-0.05, 0) is 75.1 Å². The summed E-state index contributed by atoms with van der Waals surface area (Å²) < 4.78 is 31.8. The van der Waals surface area contributed by atoms with Crippen molar-refractivity contribution in [2.24, 2.45) is 0 Å². The Hall–Kier alpha value is -3.07. The first kappa shape index (κ1) is 28.2.